The summed E-state index contributed by atoms with van der Waals surface area (Å²) in [4.78, 5) is 25.0. The number of carbonyl (C=O) groups is 2. The Hall–Kier alpha value is -2.76. The van der Waals surface area contributed by atoms with Gasteiger partial charge in [0.1, 0.15) is 11.6 Å². The Labute approximate surface area is 132 Å². The van der Waals surface area contributed by atoms with Crippen molar-refractivity contribution in [3.63, 3.8) is 0 Å². The number of halogens is 2. The van der Waals surface area contributed by atoms with Gasteiger partial charge in [-0.3, -0.25) is 9.59 Å². The summed E-state index contributed by atoms with van der Waals surface area (Å²) in [5.74, 6) is -1.37. The van der Waals surface area contributed by atoms with E-state index in [0.29, 0.717) is 11.3 Å². The smallest absolute Gasteiger partial charge is 0.251 e. The quantitative estimate of drug-likeness (QED) is 0.921. The van der Waals surface area contributed by atoms with E-state index in [4.69, 9.17) is 0 Å². The highest BCUT2D eigenvalue weighted by Gasteiger charge is 2.12. The van der Waals surface area contributed by atoms with Crippen LogP contribution < -0.4 is 10.2 Å². The molecule has 0 aliphatic carbocycles. The molecule has 120 valence electrons. The molecule has 0 aromatic heterocycles. The van der Waals surface area contributed by atoms with Gasteiger partial charge in [-0.2, -0.15) is 0 Å². The van der Waals surface area contributed by atoms with Crippen LogP contribution in [0.2, 0.25) is 0 Å². The van der Waals surface area contributed by atoms with Gasteiger partial charge in [0.25, 0.3) is 5.91 Å². The van der Waals surface area contributed by atoms with Crippen molar-refractivity contribution < 1.29 is 18.4 Å². The Morgan fingerprint density at radius 1 is 0.957 bits per heavy atom. The molecular formula is C17H16F2N2O2. The minimum Gasteiger partial charge on any atom is -0.350 e. The minimum absolute atomic E-state index is 0.215. The van der Waals surface area contributed by atoms with Gasteiger partial charge in [-0.25, -0.2) is 8.78 Å². The molecule has 0 spiro atoms. The van der Waals surface area contributed by atoms with Gasteiger partial charge in [0.2, 0.25) is 5.91 Å². The van der Waals surface area contributed by atoms with Gasteiger partial charge in [0.05, 0.1) is 0 Å². The Balaban J connectivity index is 1.94. The zero-order valence-corrected chi connectivity index (χ0v) is 12.6. The molecule has 0 saturated heterocycles. The van der Waals surface area contributed by atoms with Crippen molar-refractivity contribution in [3.05, 3.63) is 65.7 Å². The van der Waals surface area contributed by atoms with Crippen molar-refractivity contribution in [2.45, 2.75) is 6.92 Å². The van der Waals surface area contributed by atoms with E-state index in [1.807, 2.05) is 0 Å². The first-order valence-corrected chi connectivity index (χ1v) is 7.05. The van der Waals surface area contributed by atoms with Crippen LogP contribution in [0, 0.1) is 11.6 Å². The van der Waals surface area contributed by atoms with Gasteiger partial charge >= 0.3 is 0 Å². The molecule has 0 aliphatic rings. The van der Waals surface area contributed by atoms with E-state index in [1.54, 1.807) is 0 Å². The summed E-state index contributed by atoms with van der Waals surface area (Å²) in [6, 6.07) is 10.7. The largest absolute Gasteiger partial charge is 0.350 e. The van der Waals surface area contributed by atoms with E-state index in [9.17, 15) is 18.4 Å². The summed E-state index contributed by atoms with van der Waals surface area (Å²) < 4.78 is 25.7. The number of benzene rings is 2. The molecule has 1 N–H and O–H groups in total. The molecule has 2 aromatic carbocycles. The summed E-state index contributed by atoms with van der Waals surface area (Å²) in [6.07, 6.45) is 0. The van der Waals surface area contributed by atoms with Gasteiger partial charge in [0, 0.05) is 31.3 Å². The minimum atomic E-state index is -0.416. The second kappa shape index (κ2) is 7.49. The number of nitrogens with one attached hydrogen (secondary N) is 1. The molecule has 0 atom stereocenters. The second-order valence-electron chi connectivity index (χ2n) is 4.91. The van der Waals surface area contributed by atoms with Gasteiger partial charge in [0.15, 0.2) is 0 Å². The summed E-state index contributed by atoms with van der Waals surface area (Å²) >= 11 is 0. The zero-order chi connectivity index (χ0) is 16.8. The zero-order valence-electron chi connectivity index (χ0n) is 12.6. The summed E-state index contributed by atoms with van der Waals surface area (Å²) in [5, 5.41) is 2.66. The normalized spacial score (nSPS) is 10.2. The SMILES string of the molecule is CC(=O)N(CCNC(=O)c1ccc(F)cc1)c1ccc(F)cc1. The lowest BCUT2D eigenvalue weighted by atomic mass is 10.2. The maximum Gasteiger partial charge on any atom is 0.251 e. The predicted octanol–water partition coefficient (Wildman–Crippen LogP) is 2.75. The number of nitrogens with zero attached hydrogens (tertiary/aromatic N) is 1. The lowest BCUT2D eigenvalue weighted by Gasteiger charge is -2.21. The molecule has 2 aromatic rings. The van der Waals surface area contributed by atoms with Crippen LogP contribution in [-0.4, -0.2) is 24.9 Å². The third-order valence-electron chi connectivity index (χ3n) is 3.25. The fourth-order valence-corrected chi connectivity index (χ4v) is 2.07. The molecule has 2 rings (SSSR count). The number of hydrogen-bond acceptors (Lipinski definition) is 2. The summed E-state index contributed by atoms with van der Waals surface area (Å²) in [5.41, 5.74) is 0.887. The van der Waals surface area contributed by atoms with Crippen LogP contribution >= 0.6 is 0 Å². The summed E-state index contributed by atoms with van der Waals surface area (Å²) in [7, 11) is 0. The topological polar surface area (TPSA) is 49.4 Å². The first kappa shape index (κ1) is 16.6. The maximum absolute atomic E-state index is 12.9. The predicted molar refractivity (Wildman–Crippen MR) is 83.2 cm³/mol. The number of rotatable bonds is 5. The summed E-state index contributed by atoms with van der Waals surface area (Å²) in [6.45, 7) is 1.85. The van der Waals surface area contributed by atoms with Crippen molar-refractivity contribution in [2.24, 2.45) is 0 Å². The fourth-order valence-electron chi connectivity index (χ4n) is 2.07. The standard InChI is InChI=1S/C17H16F2N2O2/c1-12(22)21(16-8-6-15(19)7-9-16)11-10-20-17(23)13-2-4-14(18)5-3-13/h2-9H,10-11H2,1H3,(H,20,23). The van der Waals surface area contributed by atoms with E-state index in [0.717, 1.165) is 0 Å². The van der Waals surface area contributed by atoms with E-state index in [-0.39, 0.29) is 30.7 Å². The maximum atomic E-state index is 12.9. The van der Waals surface area contributed by atoms with Crippen LogP contribution in [0.25, 0.3) is 0 Å². The molecule has 0 bridgehead atoms. The van der Waals surface area contributed by atoms with Crippen LogP contribution in [0.1, 0.15) is 17.3 Å². The lowest BCUT2D eigenvalue weighted by molar-refractivity contribution is -0.116. The molecule has 23 heavy (non-hydrogen) atoms. The first-order valence-electron chi connectivity index (χ1n) is 7.05. The molecule has 0 unspecified atom stereocenters. The van der Waals surface area contributed by atoms with Crippen LogP contribution in [0.15, 0.2) is 48.5 Å². The molecule has 4 nitrogen and oxygen atoms in total. The lowest BCUT2D eigenvalue weighted by Crippen LogP contribution is -2.37. The van der Waals surface area contributed by atoms with Crippen LogP contribution in [-0.2, 0) is 4.79 Å². The van der Waals surface area contributed by atoms with Crippen LogP contribution in [0.5, 0.6) is 0 Å². The van der Waals surface area contributed by atoms with Crippen LogP contribution in [0.3, 0.4) is 0 Å². The third-order valence-corrected chi connectivity index (χ3v) is 3.25. The molecule has 0 radical (unpaired) electrons. The van der Waals surface area contributed by atoms with Gasteiger partial charge < -0.3 is 10.2 Å². The molecule has 0 fully saturated rings. The number of carbonyl (C=O) groups excluding carboxylic acids is 2. The highest BCUT2D eigenvalue weighted by molar-refractivity contribution is 5.94. The average molecular weight is 318 g/mol. The van der Waals surface area contributed by atoms with Gasteiger partial charge in [-0.15, -0.1) is 0 Å². The van der Waals surface area contributed by atoms with Crippen LogP contribution in [0.4, 0.5) is 14.5 Å². The second-order valence-corrected chi connectivity index (χ2v) is 4.91. The molecule has 6 heteroatoms. The van der Waals surface area contributed by atoms with Crippen molar-refractivity contribution in [2.75, 3.05) is 18.0 Å². The van der Waals surface area contributed by atoms with Crippen molar-refractivity contribution in [1.82, 2.24) is 5.32 Å². The van der Waals surface area contributed by atoms with E-state index < -0.39 is 5.82 Å². The Morgan fingerprint density at radius 3 is 2.00 bits per heavy atom. The number of anilines is 1. The Kier molecular flexibility index (Phi) is 5.41. The molecule has 0 heterocycles. The molecule has 0 aliphatic heterocycles. The first-order chi connectivity index (χ1) is 11.0. The Morgan fingerprint density at radius 2 is 1.48 bits per heavy atom. The highest BCUT2D eigenvalue weighted by atomic mass is 19.1. The van der Waals surface area contributed by atoms with E-state index in [2.05, 4.69) is 5.32 Å². The molecular weight excluding hydrogens is 302 g/mol. The molecule has 0 saturated carbocycles. The fraction of sp³-hybridized carbons (Fsp3) is 0.176. The van der Waals surface area contributed by atoms with Crippen molar-refractivity contribution in [3.8, 4) is 0 Å². The van der Waals surface area contributed by atoms with Gasteiger partial charge in [-0.05, 0) is 48.5 Å². The highest BCUT2D eigenvalue weighted by Crippen LogP contribution is 2.14. The van der Waals surface area contributed by atoms with E-state index >= 15 is 0 Å². The molecule has 2 amide bonds. The third kappa shape index (κ3) is 4.60. The van der Waals surface area contributed by atoms with Gasteiger partial charge in [-0.1, -0.05) is 0 Å². The Bertz CT molecular complexity index is 685. The monoisotopic (exact) mass is 318 g/mol. The average Bonchev–Trinajstić information content (AvgIpc) is 2.53. The van der Waals surface area contributed by atoms with Crippen molar-refractivity contribution in [1.29, 1.82) is 0 Å². The van der Waals surface area contributed by atoms with E-state index in [1.165, 1.54) is 60.4 Å². The van der Waals surface area contributed by atoms with Crippen molar-refractivity contribution >= 4 is 17.5 Å². The number of hydrogen-bond donors (Lipinski definition) is 1. The number of amides is 2.